The molecular formula is C28H25F2N3O4. The molecule has 2 heterocycles. The van der Waals surface area contributed by atoms with Crippen LogP contribution in [-0.2, 0) is 0 Å². The second kappa shape index (κ2) is 9.65. The maximum atomic E-state index is 14.7. The number of furan rings is 1. The molecule has 0 aliphatic heterocycles. The Bertz CT molecular complexity index is 1510. The molecule has 2 N–H and O–H groups in total. The van der Waals surface area contributed by atoms with Crippen molar-refractivity contribution in [2.24, 2.45) is 5.92 Å². The minimum Gasteiger partial charge on any atom is -0.480 e. The summed E-state index contributed by atoms with van der Waals surface area (Å²) in [6.45, 7) is 2.10. The Kier molecular flexibility index (Phi) is 6.37. The van der Waals surface area contributed by atoms with Gasteiger partial charge in [0.1, 0.15) is 17.4 Å². The Morgan fingerprint density at radius 2 is 1.73 bits per heavy atom. The van der Waals surface area contributed by atoms with Gasteiger partial charge in [0.25, 0.3) is 11.8 Å². The van der Waals surface area contributed by atoms with E-state index >= 15 is 0 Å². The van der Waals surface area contributed by atoms with Gasteiger partial charge in [-0.2, -0.15) is 4.98 Å². The predicted molar refractivity (Wildman–Crippen MR) is 134 cm³/mol. The van der Waals surface area contributed by atoms with Crippen molar-refractivity contribution in [1.82, 2.24) is 15.6 Å². The Morgan fingerprint density at radius 1 is 1.03 bits per heavy atom. The molecule has 0 atom stereocenters. The molecule has 2 amide bonds. The SMILES string of the molecule is CNC(=O)c1c(-c2ccc(F)cc2)oc2nc(OC)c(-c3ccc(F)c(C(=O)NC4CC(C)C4)c3)cc12. The van der Waals surface area contributed by atoms with Crippen molar-refractivity contribution in [3.05, 3.63) is 71.3 Å². The van der Waals surface area contributed by atoms with Crippen LogP contribution in [0, 0.1) is 17.6 Å². The predicted octanol–water partition coefficient (Wildman–Crippen LogP) is 5.34. The number of nitrogens with one attached hydrogen (secondary N) is 2. The molecule has 0 spiro atoms. The average Bonchev–Trinajstić information content (AvgIpc) is 3.25. The molecule has 2 aromatic carbocycles. The van der Waals surface area contributed by atoms with Gasteiger partial charge in [0.2, 0.25) is 11.6 Å². The molecule has 0 saturated heterocycles. The highest BCUT2D eigenvalue weighted by atomic mass is 19.1. The first-order valence-corrected chi connectivity index (χ1v) is 11.9. The molecule has 1 fully saturated rings. The zero-order valence-electron chi connectivity index (χ0n) is 20.5. The van der Waals surface area contributed by atoms with Gasteiger partial charge in [0, 0.05) is 24.2 Å². The third-order valence-electron chi connectivity index (χ3n) is 6.63. The van der Waals surface area contributed by atoms with E-state index in [0.29, 0.717) is 28.0 Å². The number of hydrogen-bond acceptors (Lipinski definition) is 5. The fourth-order valence-corrected chi connectivity index (χ4v) is 4.67. The van der Waals surface area contributed by atoms with Gasteiger partial charge in [0.15, 0.2) is 0 Å². The number of ether oxygens (including phenoxy) is 1. The minimum atomic E-state index is -0.644. The lowest BCUT2D eigenvalue weighted by Crippen LogP contribution is -2.43. The van der Waals surface area contributed by atoms with E-state index in [0.717, 1.165) is 12.8 Å². The first-order valence-electron chi connectivity index (χ1n) is 11.9. The van der Waals surface area contributed by atoms with Gasteiger partial charge in [-0.3, -0.25) is 9.59 Å². The Balaban J connectivity index is 1.63. The number of amides is 2. The smallest absolute Gasteiger partial charge is 0.255 e. The van der Waals surface area contributed by atoms with Gasteiger partial charge in [-0.05, 0) is 66.8 Å². The highest BCUT2D eigenvalue weighted by Gasteiger charge is 2.28. The molecule has 7 nitrogen and oxygen atoms in total. The van der Waals surface area contributed by atoms with Crippen molar-refractivity contribution in [3.63, 3.8) is 0 Å². The summed E-state index contributed by atoms with van der Waals surface area (Å²) in [6, 6.07) is 11.4. The van der Waals surface area contributed by atoms with Crippen LogP contribution in [0.3, 0.4) is 0 Å². The lowest BCUT2D eigenvalue weighted by molar-refractivity contribution is 0.0891. The number of methoxy groups -OCH3 is 1. The second-order valence-corrected chi connectivity index (χ2v) is 9.23. The van der Waals surface area contributed by atoms with Crippen molar-refractivity contribution in [3.8, 4) is 28.3 Å². The van der Waals surface area contributed by atoms with E-state index < -0.39 is 23.4 Å². The Morgan fingerprint density at radius 3 is 2.38 bits per heavy atom. The van der Waals surface area contributed by atoms with Crippen molar-refractivity contribution in [2.75, 3.05) is 14.2 Å². The molecule has 0 unspecified atom stereocenters. The van der Waals surface area contributed by atoms with Crippen molar-refractivity contribution in [1.29, 1.82) is 0 Å². The van der Waals surface area contributed by atoms with Gasteiger partial charge >= 0.3 is 0 Å². The number of hydrogen-bond donors (Lipinski definition) is 2. The molecule has 0 radical (unpaired) electrons. The van der Waals surface area contributed by atoms with Crippen LogP contribution < -0.4 is 15.4 Å². The van der Waals surface area contributed by atoms with Gasteiger partial charge in [-0.25, -0.2) is 8.78 Å². The molecular weight excluding hydrogens is 480 g/mol. The summed E-state index contributed by atoms with van der Waals surface area (Å²) >= 11 is 0. The fraction of sp³-hybridized carbons (Fsp3) is 0.250. The lowest BCUT2D eigenvalue weighted by atomic mass is 9.82. The van der Waals surface area contributed by atoms with Crippen molar-refractivity contribution in [2.45, 2.75) is 25.8 Å². The van der Waals surface area contributed by atoms with Crippen molar-refractivity contribution < 1.29 is 27.5 Å². The molecule has 4 aromatic rings. The van der Waals surface area contributed by atoms with E-state index in [4.69, 9.17) is 9.15 Å². The molecule has 190 valence electrons. The van der Waals surface area contributed by atoms with E-state index in [-0.39, 0.29) is 34.5 Å². The summed E-state index contributed by atoms with van der Waals surface area (Å²) in [5.74, 6) is -1.06. The van der Waals surface area contributed by atoms with Crippen LogP contribution in [0.4, 0.5) is 8.78 Å². The molecule has 2 aromatic heterocycles. The van der Waals surface area contributed by atoms with Gasteiger partial charge in [0.05, 0.1) is 23.6 Å². The highest BCUT2D eigenvalue weighted by molar-refractivity contribution is 6.11. The summed E-state index contributed by atoms with van der Waals surface area (Å²) in [5, 5.41) is 5.86. The number of carbonyl (C=O) groups excluding carboxylic acids is 2. The normalized spacial score (nSPS) is 16.8. The Labute approximate surface area is 211 Å². The van der Waals surface area contributed by atoms with Crippen LogP contribution in [0.2, 0.25) is 0 Å². The highest BCUT2D eigenvalue weighted by Crippen LogP contribution is 2.39. The maximum absolute atomic E-state index is 14.7. The van der Waals surface area contributed by atoms with E-state index in [1.807, 2.05) is 0 Å². The van der Waals surface area contributed by atoms with E-state index in [2.05, 4.69) is 22.5 Å². The topological polar surface area (TPSA) is 93.5 Å². The first kappa shape index (κ1) is 24.4. The number of rotatable bonds is 6. The van der Waals surface area contributed by atoms with Crippen LogP contribution >= 0.6 is 0 Å². The van der Waals surface area contributed by atoms with Gasteiger partial charge in [-0.15, -0.1) is 0 Å². The largest absolute Gasteiger partial charge is 0.480 e. The number of benzene rings is 2. The lowest BCUT2D eigenvalue weighted by Gasteiger charge is -2.33. The average molecular weight is 506 g/mol. The molecule has 1 aliphatic carbocycles. The number of fused-ring (bicyclic) bond motifs is 1. The van der Waals surface area contributed by atoms with Crippen LogP contribution in [0.25, 0.3) is 33.6 Å². The number of aromatic nitrogens is 1. The molecule has 1 saturated carbocycles. The Hall–Kier alpha value is -4.27. The molecule has 37 heavy (non-hydrogen) atoms. The summed E-state index contributed by atoms with van der Waals surface area (Å²) in [7, 11) is 2.91. The first-order chi connectivity index (χ1) is 17.8. The van der Waals surface area contributed by atoms with Crippen LogP contribution in [0.1, 0.15) is 40.5 Å². The number of halogens is 2. The van der Waals surface area contributed by atoms with Gasteiger partial charge < -0.3 is 19.8 Å². The minimum absolute atomic E-state index is 0.0315. The summed E-state index contributed by atoms with van der Waals surface area (Å²) in [6.07, 6.45) is 1.72. The third-order valence-corrected chi connectivity index (χ3v) is 6.63. The standard InChI is InChI=1S/C28H25F2N3O4/c1-14-10-18(11-14)32-25(34)20-12-16(6-9-22(20)30)19-13-21-23(26(35)31-2)24(15-4-7-17(29)8-5-15)37-28(21)33-27(19)36-3/h4-9,12-14,18H,10-11H2,1-3H3,(H,31,35)(H,32,34). The van der Waals surface area contributed by atoms with Crippen LogP contribution in [0.5, 0.6) is 5.88 Å². The second-order valence-electron chi connectivity index (χ2n) is 9.23. The zero-order valence-corrected chi connectivity index (χ0v) is 20.5. The molecule has 0 bridgehead atoms. The number of nitrogens with zero attached hydrogens (tertiary/aromatic N) is 1. The van der Waals surface area contributed by atoms with Crippen LogP contribution in [0.15, 0.2) is 52.9 Å². The summed E-state index contributed by atoms with van der Waals surface area (Å²) in [5.41, 5.74) is 1.66. The quantitative estimate of drug-likeness (QED) is 0.369. The van der Waals surface area contributed by atoms with Gasteiger partial charge in [-0.1, -0.05) is 13.0 Å². The fourth-order valence-electron chi connectivity index (χ4n) is 4.67. The van der Waals surface area contributed by atoms with E-state index in [9.17, 15) is 18.4 Å². The maximum Gasteiger partial charge on any atom is 0.255 e. The van der Waals surface area contributed by atoms with E-state index in [1.54, 1.807) is 6.07 Å². The van der Waals surface area contributed by atoms with Crippen molar-refractivity contribution >= 4 is 22.9 Å². The monoisotopic (exact) mass is 505 g/mol. The summed E-state index contributed by atoms with van der Waals surface area (Å²) in [4.78, 5) is 30.1. The zero-order chi connectivity index (χ0) is 26.3. The molecule has 9 heteroatoms. The number of pyridine rings is 1. The number of carbonyl (C=O) groups is 2. The van der Waals surface area contributed by atoms with E-state index in [1.165, 1.54) is 56.6 Å². The molecule has 1 aliphatic rings. The third kappa shape index (κ3) is 4.52. The van der Waals surface area contributed by atoms with Crippen LogP contribution in [-0.4, -0.2) is 37.0 Å². The molecule has 5 rings (SSSR count). The summed E-state index contributed by atoms with van der Waals surface area (Å²) < 4.78 is 39.6.